The molecule has 0 saturated carbocycles. The summed E-state index contributed by atoms with van der Waals surface area (Å²) >= 11 is 1.78. The fraction of sp³-hybridized carbons (Fsp3) is 0.579. The van der Waals surface area contributed by atoms with Crippen molar-refractivity contribution in [1.82, 2.24) is 16.0 Å². The van der Waals surface area contributed by atoms with E-state index in [0.29, 0.717) is 6.54 Å². The molecule has 0 aliphatic rings. The molecule has 3 N–H and O–H groups in total. The summed E-state index contributed by atoms with van der Waals surface area (Å²) in [5, 5.41) is 9.45. The summed E-state index contributed by atoms with van der Waals surface area (Å²) in [6, 6.07) is 9.54. The molecule has 0 aliphatic heterocycles. The standard InChI is InChI=1S/C19H32N4O2S.HI/c1-6-20-17(21-12-13-26-5)22-14-16(15-10-8-7-9-11-15)23-18(24)25-19(2,3)4;/h7-11,16H,6,12-14H2,1-5H3,(H,23,24)(H2,20,21,22);1H. The van der Waals surface area contributed by atoms with Crippen LogP contribution in [0, 0.1) is 0 Å². The first kappa shape index (κ1) is 25.8. The Labute approximate surface area is 184 Å². The maximum absolute atomic E-state index is 12.2. The molecule has 0 radical (unpaired) electrons. The van der Waals surface area contributed by atoms with Gasteiger partial charge in [-0.25, -0.2) is 4.79 Å². The summed E-state index contributed by atoms with van der Waals surface area (Å²) in [4.78, 5) is 16.8. The molecule has 0 fully saturated rings. The quantitative estimate of drug-likeness (QED) is 0.216. The van der Waals surface area contributed by atoms with Gasteiger partial charge in [-0.05, 0) is 39.5 Å². The Balaban J connectivity index is 0.00000676. The molecule has 1 aromatic rings. The Bertz CT molecular complexity index is 565. The predicted octanol–water partition coefficient (Wildman–Crippen LogP) is 3.79. The number of hydrogen-bond acceptors (Lipinski definition) is 4. The van der Waals surface area contributed by atoms with Crippen LogP contribution in [0.2, 0.25) is 0 Å². The van der Waals surface area contributed by atoms with Crippen molar-refractivity contribution in [2.24, 2.45) is 4.99 Å². The second kappa shape index (κ2) is 13.9. The van der Waals surface area contributed by atoms with Gasteiger partial charge >= 0.3 is 6.09 Å². The molecule has 0 aromatic heterocycles. The van der Waals surface area contributed by atoms with Crippen LogP contribution in [0.1, 0.15) is 39.3 Å². The first-order valence-corrected chi connectivity index (χ1v) is 10.3. The lowest BCUT2D eigenvalue weighted by Gasteiger charge is -2.23. The zero-order valence-corrected chi connectivity index (χ0v) is 20.0. The predicted molar refractivity (Wildman–Crippen MR) is 126 cm³/mol. The molecular weight excluding hydrogens is 475 g/mol. The number of carbonyl (C=O) groups excluding carboxylic acids is 1. The third-order valence-electron chi connectivity index (χ3n) is 3.27. The SMILES string of the molecule is CCNC(=NCC(NC(=O)OC(C)(C)C)c1ccccc1)NCCSC.I. The van der Waals surface area contributed by atoms with Crippen molar-refractivity contribution in [2.45, 2.75) is 39.3 Å². The number of benzene rings is 1. The fourth-order valence-corrected chi connectivity index (χ4v) is 2.47. The van der Waals surface area contributed by atoms with Gasteiger partial charge in [0.25, 0.3) is 0 Å². The lowest BCUT2D eigenvalue weighted by molar-refractivity contribution is 0.0505. The fourth-order valence-electron chi connectivity index (χ4n) is 2.17. The molecule has 0 spiro atoms. The topological polar surface area (TPSA) is 74.8 Å². The van der Waals surface area contributed by atoms with E-state index in [9.17, 15) is 4.79 Å². The maximum Gasteiger partial charge on any atom is 0.408 e. The number of thioether (sulfide) groups is 1. The van der Waals surface area contributed by atoms with Crippen LogP contribution in [0.25, 0.3) is 0 Å². The molecule has 154 valence electrons. The minimum Gasteiger partial charge on any atom is -0.444 e. The molecule has 1 unspecified atom stereocenters. The van der Waals surface area contributed by atoms with Crippen LogP contribution < -0.4 is 16.0 Å². The van der Waals surface area contributed by atoms with Crippen LogP contribution in [0.4, 0.5) is 4.79 Å². The molecular formula is C19H33IN4O2S. The number of halogens is 1. The number of alkyl carbamates (subject to hydrolysis) is 1. The largest absolute Gasteiger partial charge is 0.444 e. The number of amides is 1. The van der Waals surface area contributed by atoms with Crippen LogP contribution in [-0.2, 0) is 4.74 Å². The average molecular weight is 508 g/mol. The van der Waals surface area contributed by atoms with E-state index >= 15 is 0 Å². The summed E-state index contributed by atoms with van der Waals surface area (Å²) in [5.74, 6) is 1.75. The van der Waals surface area contributed by atoms with Gasteiger partial charge in [-0.1, -0.05) is 30.3 Å². The number of nitrogens with one attached hydrogen (secondary N) is 3. The first-order chi connectivity index (χ1) is 12.4. The van der Waals surface area contributed by atoms with E-state index in [-0.39, 0.29) is 30.0 Å². The van der Waals surface area contributed by atoms with Gasteiger partial charge in [-0.2, -0.15) is 11.8 Å². The van der Waals surface area contributed by atoms with Crippen molar-refractivity contribution in [3.63, 3.8) is 0 Å². The Morgan fingerprint density at radius 1 is 1.22 bits per heavy atom. The molecule has 6 nitrogen and oxygen atoms in total. The van der Waals surface area contributed by atoms with Crippen LogP contribution in [0.5, 0.6) is 0 Å². The highest BCUT2D eigenvalue weighted by Crippen LogP contribution is 2.15. The zero-order valence-electron chi connectivity index (χ0n) is 16.9. The lowest BCUT2D eigenvalue weighted by Crippen LogP contribution is -2.40. The number of rotatable bonds is 8. The van der Waals surface area contributed by atoms with Crippen molar-refractivity contribution < 1.29 is 9.53 Å². The van der Waals surface area contributed by atoms with Crippen molar-refractivity contribution in [3.8, 4) is 0 Å². The number of ether oxygens (including phenoxy) is 1. The molecule has 0 bridgehead atoms. The van der Waals surface area contributed by atoms with Gasteiger partial charge in [-0.15, -0.1) is 24.0 Å². The van der Waals surface area contributed by atoms with E-state index in [1.165, 1.54) is 0 Å². The molecule has 0 aliphatic carbocycles. The van der Waals surface area contributed by atoms with Gasteiger partial charge in [0.2, 0.25) is 0 Å². The highest BCUT2D eigenvalue weighted by Gasteiger charge is 2.20. The van der Waals surface area contributed by atoms with E-state index in [1.54, 1.807) is 11.8 Å². The smallest absolute Gasteiger partial charge is 0.408 e. The van der Waals surface area contributed by atoms with Gasteiger partial charge in [0.05, 0.1) is 12.6 Å². The summed E-state index contributed by atoms with van der Waals surface area (Å²) in [5.41, 5.74) is 0.449. The number of carbonyl (C=O) groups is 1. The second-order valence-corrected chi connectivity index (χ2v) is 7.73. The van der Waals surface area contributed by atoms with E-state index in [0.717, 1.165) is 30.4 Å². The second-order valence-electron chi connectivity index (χ2n) is 6.75. The van der Waals surface area contributed by atoms with Crippen LogP contribution in [0.3, 0.4) is 0 Å². The summed E-state index contributed by atoms with van der Waals surface area (Å²) in [6.45, 7) is 9.60. The zero-order chi connectivity index (χ0) is 19.4. The number of guanidine groups is 1. The third kappa shape index (κ3) is 12.0. The number of nitrogens with zero attached hydrogens (tertiary/aromatic N) is 1. The summed E-state index contributed by atoms with van der Waals surface area (Å²) in [7, 11) is 0. The monoisotopic (exact) mass is 508 g/mol. The van der Waals surface area contributed by atoms with E-state index in [2.05, 4.69) is 27.2 Å². The van der Waals surface area contributed by atoms with E-state index in [1.807, 2.05) is 58.0 Å². The minimum absolute atomic E-state index is 0. The van der Waals surface area contributed by atoms with Gasteiger partial charge in [-0.3, -0.25) is 4.99 Å². The molecule has 1 aromatic carbocycles. The molecule has 1 atom stereocenters. The van der Waals surface area contributed by atoms with Gasteiger partial charge < -0.3 is 20.7 Å². The molecule has 0 heterocycles. The van der Waals surface area contributed by atoms with Crippen molar-refractivity contribution in [2.75, 3.05) is 31.6 Å². The van der Waals surface area contributed by atoms with E-state index in [4.69, 9.17) is 4.74 Å². The van der Waals surface area contributed by atoms with Gasteiger partial charge in [0, 0.05) is 18.8 Å². The molecule has 8 heteroatoms. The van der Waals surface area contributed by atoms with Gasteiger partial charge in [0.1, 0.15) is 5.60 Å². The Hall–Kier alpha value is -1.16. The average Bonchev–Trinajstić information content (AvgIpc) is 2.57. The Morgan fingerprint density at radius 2 is 1.89 bits per heavy atom. The van der Waals surface area contributed by atoms with Crippen molar-refractivity contribution >= 4 is 47.8 Å². The van der Waals surface area contributed by atoms with E-state index < -0.39 is 11.7 Å². The normalized spacial score (nSPS) is 12.6. The highest BCUT2D eigenvalue weighted by molar-refractivity contribution is 14.0. The summed E-state index contributed by atoms with van der Waals surface area (Å²) in [6.07, 6.45) is 1.63. The van der Waals surface area contributed by atoms with Crippen molar-refractivity contribution in [1.29, 1.82) is 0 Å². The number of aliphatic imine (C=N–C) groups is 1. The van der Waals surface area contributed by atoms with Gasteiger partial charge in [0.15, 0.2) is 5.96 Å². The highest BCUT2D eigenvalue weighted by atomic mass is 127. The van der Waals surface area contributed by atoms with Crippen LogP contribution >= 0.6 is 35.7 Å². The lowest BCUT2D eigenvalue weighted by atomic mass is 10.1. The van der Waals surface area contributed by atoms with Crippen LogP contribution in [-0.4, -0.2) is 49.3 Å². The van der Waals surface area contributed by atoms with Crippen molar-refractivity contribution in [3.05, 3.63) is 35.9 Å². The molecule has 0 saturated heterocycles. The summed E-state index contributed by atoms with van der Waals surface area (Å²) < 4.78 is 5.39. The first-order valence-electron chi connectivity index (χ1n) is 8.91. The number of hydrogen-bond donors (Lipinski definition) is 3. The van der Waals surface area contributed by atoms with Crippen LogP contribution in [0.15, 0.2) is 35.3 Å². The minimum atomic E-state index is -0.539. The molecule has 1 amide bonds. The maximum atomic E-state index is 12.2. The molecule has 1 rings (SSSR count). The Kier molecular flexibility index (Phi) is 13.3. The Morgan fingerprint density at radius 3 is 2.44 bits per heavy atom. The third-order valence-corrected chi connectivity index (χ3v) is 3.88. The molecule has 27 heavy (non-hydrogen) atoms.